The van der Waals surface area contributed by atoms with Crippen molar-refractivity contribution >= 4 is 28.5 Å². The van der Waals surface area contributed by atoms with E-state index in [2.05, 4.69) is 15.6 Å². The topological polar surface area (TPSA) is 98.6 Å². The summed E-state index contributed by atoms with van der Waals surface area (Å²) in [6, 6.07) is 19.6. The minimum absolute atomic E-state index is 0.0665. The SMILES string of the molecule is CCc1ccccc1N(C(=O)Cn1nnc2ccccc21)[C@@H](C(=O)NC1CCCC1)c1ccc(OC)cc1OC. The molecule has 2 amide bonds. The monoisotopic (exact) mass is 541 g/mol. The third kappa shape index (κ3) is 5.50. The molecule has 3 aromatic carbocycles. The van der Waals surface area contributed by atoms with Crippen molar-refractivity contribution in [3.05, 3.63) is 77.9 Å². The molecule has 0 radical (unpaired) electrons. The van der Waals surface area contributed by atoms with Gasteiger partial charge in [-0.3, -0.25) is 14.5 Å². The standard InChI is InChI=1S/C31H35N5O4/c1-4-21-11-5-9-15-26(21)36(29(37)20-35-27-16-10-8-14-25(27)33-34-35)30(31(38)32-22-12-6-7-13-22)24-18-17-23(39-2)19-28(24)40-3/h5,8-11,14-19,22,30H,4,6-7,12-13,20H2,1-3H3,(H,32,38)/t30-/m1/s1. The van der Waals surface area contributed by atoms with E-state index in [4.69, 9.17) is 9.47 Å². The van der Waals surface area contributed by atoms with Gasteiger partial charge in [-0.2, -0.15) is 0 Å². The average molecular weight is 542 g/mol. The van der Waals surface area contributed by atoms with Gasteiger partial charge in [0.2, 0.25) is 11.8 Å². The van der Waals surface area contributed by atoms with Crippen LogP contribution in [0.2, 0.25) is 0 Å². The van der Waals surface area contributed by atoms with E-state index in [1.54, 1.807) is 42.0 Å². The van der Waals surface area contributed by atoms with Crippen LogP contribution in [0.3, 0.4) is 0 Å². The van der Waals surface area contributed by atoms with Crippen LogP contribution in [0.5, 0.6) is 11.5 Å². The number of hydrogen-bond donors (Lipinski definition) is 1. The van der Waals surface area contributed by atoms with E-state index in [0.29, 0.717) is 34.7 Å². The molecule has 4 aromatic rings. The first-order chi connectivity index (χ1) is 19.5. The molecule has 1 aromatic heterocycles. The van der Waals surface area contributed by atoms with Crippen molar-refractivity contribution in [1.82, 2.24) is 20.3 Å². The van der Waals surface area contributed by atoms with Gasteiger partial charge in [0.05, 0.1) is 19.7 Å². The number of carbonyl (C=O) groups excluding carboxylic acids is 2. The van der Waals surface area contributed by atoms with E-state index in [1.807, 2.05) is 55.5 Å². The Bertz CT molecular complexity index is 1490. The Morgan fingerprint density at radius 2 is 1.77 bits per heavy atom. The second-order valence-electron chi connectivity index (χ2n) is 9.98. The van der Waals surface area contributed by atoms with Crippen LogP contribution >= 0.6 is 0 Å². The zero-order valence-electron chi connectivity index (χ0n) is 23.2. The number of fused-ring (bicyclic) bond motifs is 1. The molecule has 1 fully saturated rings. The fraction of sp³-hybridized carbons (Fsp3) is 0.355. The summed E-state index contributed by atoms with van der Waals surface area (Å²) >= 11 is 0. The Morgan fingerprint density at radius 3 is 2.52 bits per heavy atom. The molecule has 0 unspecified atom stereocenters. The molecule has 1 aliphatic rings. The third-order valence-corrected chi connectivity index (χ3v) is 7.55. The van der Waals surface area contributed by atoms with Gasteiger partial charge in [0.15, 0.2) is 0 Å². The fourth-order valence-corrected chi connectivity index (χ4v) is 5.49. The fourth-order valence-electron chi connectivity index (χ4n) is 5.49. The second-order valence-corrected chi connectivity index (χ2v) is 9.98. The lowest BCUT2D eigenvalue weighted by Gasteiger charge is -2.34. The highest BCUT2D eigenvalue weighted by Gasteiger charge is 2.37. The van der Waals surface area contributed by atoms with Crippen LogP contribution in [0.25, 0.3) is 11.0 Å². The van der Waals surface area contributed by atoms with Gasteiger partial charge in [0.1, 0.15) is 29.6 Å². The van der Waals surface area contributed by atoms with Crippen LogP contribution in [0, 0.1) is 0 Å². The lowest BCUT2D eigenvalue weighted by Crippen LogP contribution is -2.47. The van der Waals surface area contributed by atoms with E-state index in [1.165, 1.54) is 0 Å². The molecule has 208 valence electrons. The van der Waals surface area contributed by atoms with Crippen molar-refractivity contribution in [3.63, 3.8) is 0 Å². The number of nitrogens with zero attached hydrogens (tertiary/aromatic N) is 4. The first kappa shape index (κ1) is 27.2. The van der Waals surface area contributed by atoms with Crippen LogP contribution in [-0.2, 0) is 22.6 Å². The molecular weight excluding hydrogens is 506 g/mol. The van der Waals surface area contributed by atoms with Crippen LogP contribution in [0.4, 0.5) is 5.69 Å². The highest BCUT2D eigenvalue weighted by molar-refractivity contribution is 6.02. The number of para-hydroxylation sites is 2. The maximum absolute atomic E-state index is 14.4. The van der Waals surface area contributed by atoms with Gasteiger partial charge in [0, 0.05) is 23.4 Å². The lowest BCUT2D eigenvalue weighted by atomic mass is 9.99. The van der Waals surface area contributed by atoms with Crippen LogP contribution in [0.15, 0.2) is 66.7 Å². The van der Waals surface area contributed by atoms with Gasteiger partial charge in [-0.1, -0.05) is 55.3 Å². The molecule has 1 aliphatic carbocycles. The zero-order chi connectivity index (χ0) is 28.1. The van der Waals surface area contributed by atoms with E-state index in [-0.39, 0.29) is 24.4 Å². The van der Waals surface area contributed by atoms with Crippen molar-refractivity contribution in [2.24, 2.45) is 0 Å². The summed E-state index contributed by atoms with van der Waals surface area (Å²) in [5, 5.41) is 11.7. The minimum Gasteiger partial charge on any atom is -0.497 e. The Labute approximate surface area is 234 Å². The molecule has 0 saturated heterocycles. The summed E-state index contributed by atoms with van der Waals surface area (Å²) < 4.78 is 12.7. The number of methoxy groups -OCH3 is 2. The molecule has 0 aliphatic heterocycles. The predicted octanol–water partition coefficient (Wildman–Crippen LogP) is 4.84. The highest BCUT2D eigenvalue weighted by atomic mass is 16.5. The summed E-state index contributed by atoms with van der Waals surface area (Å²) in [7, 11) is 3.13. The van der Waals surface area contributed by atoms with Gasteiger partial charge in [-0.25, -0.2) is 4.68 Å². The van der Waals surface area contributed by atoms with Crippen molar-refractivity contribution in [2.45, 2.75) is 57.7 Å². The number of anilines is 1. The minimum atomic E-state index is -0.989. The number of rotatable bonds is 10. The van der Waals surface area contributed by atoms with Crippen LogP contribution < -0.4 is 19.7 Å². The van der Waals surface area contributed by atoms with Gasteiger partial charge in [-0.05, 0) is 55.2 Å². The summed E-state index contributed by atoms with van der Waals surface area (Å²) in [5.41, 5.74) is 3.63. The molecule has 0 spiro atoms. The largest absolute Gasteiger partial charge is 0.497 e. The van der Waals surface area contributed by atoms with Gasteiger partial charge in [-0.15, -0.1) is 5.10 Å². The van der Waals surface area contributed by atoms with Crippen molar-refractivity contribution in [2.75, 3.05) is 19.1 Å². The van der Waals surface area contributed by atoms with Crippen molar-refractivity contribution in [1.29, 1.82) is 0 Å². The van der Waals surface area contributed by atoms with E-state index < -0.39 is 6.04 Å². The van der Waals surface area contributed by atoms with E-state index in [9.17, 15) is 9.59 Å². The van der Waals surface area contributed by atoms with Gasteiger partial charge >= 0.3 is 0 Å². The molecule has 1 saturated carbocycles. The third-order valence-electron chi connectivity index (χ3n) is 7.55. The molecule has 1 N–H and O–H groups in total. The molecule has 1 atom stereocenters. The smallest absolute Gasteiger partial charge is 0.249 e. The number of ether oxygens (including phenoxy) is 2. The number of aromatic nitrogens is 3. The van der Waals surface area contributed by atoms with Gasteiger partial charge in [0.25, 0.3) is 0 Å². The number of benzene rings is 3. The van der Waals surface area contributed by atoms with Gasteiger partial charge < -0.3 is 14.8 Å². The second kappa shape index (κ2) is 12.2. The quantitative estimate of drug-likeness (QED) is 0.308. The lowest BCUT2D eigenvalue weighted by molar-refractivity contribution is -0.127. The first-order valence-corrected chi connectivity index (χ1v) is 13.7. The van der Waals surface area contributed by atoms with Crippen LogP contribution in [0.1, 0.15) is 49.8 Å². The van der Waals surface area contributed by atoms with E-state index in [0.717, 1.165) is 36.8 Å². The highest BCUT2D eigenvalue weighted by Crippen LogP contribution is 2.37. The molecule has 9 nitrogen and oxygen atoms in total. The number of nitrogens with one attached hydrogen (secondary N) is 1. The Balaban J connectivity index is 1.65. The Kier molecular flexibility index (Phi) is 8.28. The van der Waals surface area contributed by atoms with Crippen molar-refractivity contribution in [3.8, 4) is 11.5 Å². The number of hydrogen-bond acceptors (Lipinski definition) is 6. The molecule has 0 bridgehead atoms. The Hall–Kier alpha value is -4.40. The molecule has 40 heavy (non-hydrogen) atoms. The molecule has 1 heterocycles. The Morgan fingerprint density at radius 1 is 1.02 bits per heavy atom. The molecule has 9 heteroatoms. The predicted molar refractivity (Wildman–Crippen MR) is 154 cm³/mol. The molecule has 5 rings (SSSR count). The summed E-state index contributed by atoms with van der Waals surface area (Å²) in [6.07, 6.45) is 4.67. The zero-order valence-corrected chi connectivity index (χ0v) is 23.2. The summed E-state index contributed by atoms with van der Waals surface area (Å²) in [4.78, 5) is 30.2. The van der Waals surface area contributed by atoms with Crippen molar-refractivity contribution < 1.29 is 19.1 Å². The number of aryl methyl sites for hydroxylation is 1. The average Bonchev–Trinajstić information content (AvgIpc) is 3.65. The summed E-state index contributed by atoms with van der Waals surface area (Å²) in [6.45, 7) is 1.94. The maximum Gasteiger partial charge on any atom is 0.249 e. The normalized spacial score (nSPS) is 14.2. The van der Waals surface area contributed by atoms with E-state index >= 15 is 0 Å². The number of carbonyl (C=O) groups is 2. The van der Waals surface area contributed by atoms with Crippen LogP contribution in [-0.4, -0.2) is 47.1 Å². The first-order valence-electron chi connectivity index (χ1n) is 13.7. The summed E-state index contributed by atoms with van der Waals surface area (Å²) in [5.74, 6) is 0.513. The number of amides is 2. The molecular formula is C31H35N5O4. The maximum atomic E-state index is 14.4.